The molecule has 3 unspecified atom stereocenters. The van der Waals surface area contributed by atoms with E-state index in [4.69, 9.17) is 10.5 Å². The van der Waals surface area contributed by atoms with E-state index in [9.17, 15) is 0 Å². The highest BCUT2D eigenvalue weighted by atomic mass is 32.1. The van der Waals surface area contributed by atoms with Gasteiger partial charge in [0.05, 0.1) is 6.10 Å². The Balaban J connectivity index is 2.10. The first kappa shape index (κ1) is 14.0. The predicted molar refractivity (Wildman–Crippen MR) is 76.9 cm³/mol. The van der Waals surface area contributed by atoms with Crippen LogP contribution < -0.4 is 5.73 Å². The molecule has 2 N–H and O–H groups in total. The van der Waals surface area contributed by atoms with Crippen molar-refractivity contribution in [3.8, 4) is 0 Å². The minimum atomic E-state index is 0.385. The molecule has 0 spiro atoms. The monoisotopic (exact) mass is 268 g/mol. The summed E-state index contributed by atoms with van der Waals surface area (Å²) in [6, 6.07) is 5.36. The molecule has 2 heterocycles. The highest BCUT2D eigenvalue weighted by molar-refractivity contribution is 7.10. The third kappa shape index (κ3) is 2.94. The number of rotatable bonds is 5. The van der Waals surface area contributed by atoms with Crippen molar-refractivity contribution in [3.63, 3.8) is 0 Å². The standard InChI is InChI=1S/C14H24N2OS/c1-3-13(14-5-4-8-18-14)16-7-6-12(17-2)9-11(16)10-15/h4-5,8,11-13H,3,6-7,9-10,15H2,1-2H3. The predicted octanol–water partition coefficient (Wildman–Crippen LogP) is 2.64. The molecule has 0 bridgehead atoms. The molecule has 4 heteroatoms. The van der Waals surface area contributed by atoms with Crippen LogP contribution in [0.2, 0.25) is 0 Å². The number of likely N-dealkylation sites (tertiary alicyclic amines) is 1. The fourth-order valence-corrected chi connectivity index (χ4v) is 3.90. The number of hydrogen-bond acceptors (Lipinski definition) is 4. The number of nitrogens with zero attached hydrogens (tertiary/aromatic N) is 1. The first-order valence-corrected chi connectivity index (χ1v) is 7.70. The number of methoxy groups -OCH3 is 1. The summed E-state index contributed by atoms with van der Waals surface area (Å²) in [4.78, 5) is 4.05. The molecule has 0 amide bonds. The van der Waals surface area contributed by atoms with Crippen molar-refractivity contribution in [1.82, 2.24) is 4.90 Å². The second kappa shape index (κ2) is 6.66. The Labute approximate surface area is 114 Å². The Hall–Kier alpha value is -0.420. The molecule has 1 fully saturated rings. The minimum absolute atomic E-state index is 0.385. The van der Waals surface area contributed by atoms with E-state index < -0.39 is 0 Å². The van der Waals surface area contributed by atoms with Crippen LogP contribution >= 0.6 is 11.3 Å². The highest BCUT2D eigenvalue weighted by Crippen LogP contribution is 2.33. The van der Waals surface area contributed by atoms with Crippen molar-refractivity contribution in [1.29, 1.82) is 0 Å². The zero-order chi connectivity index (χ0) is 13.0. The molecule has 3 atom stereocenters. The minimum Gasteiger partial charge on any atom is -0.381 e. The van der Waals surface area contributed by atoms with Gasteiger partial charge in [-0.2, -0.15) is 0 Å². The van der Waals surface area contributed by atoms with Crippen molar-refractivity contribution in [2.45, 2.75) is 44.4 Å². The SMILES string of the molecule is CCC(c1cccs1)N1CCC(OC)CC1CN. The van der Waals surface area contributed by atoms with Crippen LogP contribution in [0.25, 0.3) is 0 Å². The molecule has 1 aromatic heterocycles. The van der Waals surface area contributed by atoms with E-state index in [1.807, 2.05) is 18.4 Å². The number of ether oxygens (including phenoxy) is 1. The van der Waals surface area contributed by atoms with Gasteiger partial charge < -0.3 is 10.5 Å². The lowest BCUT2D eigenvalue weighted by Crippen LogP contribution is -2.49. The summed E-state index contributed by atoms with van der Waals surface area (Å²) in [5.74, 6) is 0. The summed E-state index contributed by atoms with van der Waals surface area (Å²) in [7, 11) is 1.81. The summed E-state index contributed by atoms with van der Waals surface area (Å²) < 4.78 is 5.50. The lowest BCUT2D eigenvalue weighted by molar-refractivity contribution is -0.00491. The third-order valence-electron chi connectivity index (χ3n) is 3.98. The van der Waals surface area contributed by atoms with E-state index in [0.29, 0.717) is 18.2 Å². The maximum absolute atomic E-state index is 5.96. The third-order valence-corrected chi connectivity index (χ3v) is 4.95. The highest BCUT2D eigenvalue weighted by Gasteiger charge is 2.32. The maximum Gasteiger partial charge on any atom is 0.0599 e. The van der Waals surface area contributed by atoms with Gasteiger partial charge in [0, 0.05) is 37.2 Å². The number of piperidine rings is 1. The van der Waals surface area contributed by atoms with Crippen LogP contribution in [0.1, 0.15) is 37.1 Å². The molecule has 102 valence electrons. The van der Waals surface area contributed by atoms with Gasteiger partial charge in [0.1, 0.15) is 0 Å². The lowest BCUT2D eigenvalue weighted by Gasteiger charge is -2.42. The quantitative estimate of drug-likeness (QED) is 0.892. The van der Waals surface area contributed by atoms with Crippen LogP contribution in [0.4, 0.5) is 0 Å². The Morgan fingerprint density at radius 2 is 2.44 bits per heavy atom. The van der Waals surface area contributed by atoms with Crippen LogP contribution in [-0.4, -0.2) is 37.2 Å². The van der Waals surface area contributed by atoms with Gasteiger partial charge >= 0.3 is 0 Å². The molecule has 1 aromatic rings. The topological polar surface area (TPSA) is 38.5 Å². The Kier molecular flexibility index (Phi) is 5.18. The molecule has 0 saturated carbocycles. The fraction of sp³-hybridized carbons (Fsp3) is 0.714. The van der Waals surface area contributed by atoms with Gasteiger partial charge in [0.2, 0.25) is 0 Å². The van der Waals surface area contributed by atoms with Gasteiger partial charge in [0.15, 0.2) is 0 Å². The summed E-state index contributed by atoms with van der Waals surface area (Å²) in [6.45, 7) is 4.08. The van der Waals surface area contributed by atoms with Gasteiger partial charge in [-0.1, -0.05) is 13.0 Å². The largest absolute Gasteiger partial charge is 0.381 e. The number of nitrogens with two attached hydrogens (primary N) is 1. The van der Waals surface area contributed by atoms with E-state index in [2.05, 4.69) is 29.3 Å². The van der Waals surface area contributed by atoms with Crippen molar-refractivity contribution >= 4 is 11.3 Å². The van der Waals surface area contributed by atoms with Gasteiger partial charge in [0.25, 0.3) is 0 Å². The molecule has 1 aliphatic rings. The van der Waals surface area contributed by atoms with Crippen molar-refractivity contribution < 1.29 is 4.74 Å². The van der Waals surface area contributed by atoms with Crippen LogP contribution in [0, 0.1) is 0 Å². The van der Waals surface area contributed by atoms with E-state index >= 15 is 0 Å². The van der Waals surface area contributed by atoms with Crippen LogP contribution in [0.5, 0.6) is 0 Å². The molecule has 1 saturated heterocycles. The summed E-state index contributed by atoms with van der Waals surface area (Å²) in [6.07, 6.45) is 3.72. The van der Waals surface area contributed by atoms with E-state index in [0.717, 1.165) is 32.4 Å². The van der Waals surface area contributed by atoms with E-state index in [-0.39, 0.29) is 0 Å². The zero-order valence-electron chi connectivity index (χ0n) is 11.3. The molecule has 3 nitrogen and oxygen atoms in total. The van der Waals surface area contributed by atoms with Gasteiger partial charge in [-0.25, -0.2) is 0 Å². The first-order valence-electron chi connectivity index (χ1n) is 6.82. The Bertz CT molecular complexity index is 342. The summed E-state index contributed by atoms with van der Waals surface area (Å²) in [5.41, 5.74) is 5.96. The van der Waals surface area contributed by atoms with E-state index in [1.165, 1.54) is 4.88 Å². The summed E-state index contributed by atoms with van der Waals surface area (Å²) >= 11 is 1.85. The molecule has 0 aliphatic carbocycles. The molecular weight excluding hydrogens is 244 g/mol. The molecule has 0 radical (unpaired) electrons. The van der Waals surface area contributed by atoms with Crippen molar-refractivity contribution in [3.05, 3.63) is 22.4 Å². The normalized spacial score (nSPS) is 27.3. The fourth-order valence-electron chi connectivity index (χ4n) is 2.97. The van der Waals surface area contributed by atoms with Gasteiger partial charge in [-0.15, -0.1) is 11.3 Å². The molecule has 18 heavy (non-hydrogen) atoms. The average molecular weight is 268 g/mol. The second-order valence-electron chi connectivity index (χ2n) is 4.95. The Morgan fingerprint density at radius 3 is 3.00 bits per heavy atom. The summed E-state index contributed by atoms with van der Waals surface area (Å²) in [5, 5.41) is 2.16. The number of thiophene rings is 1. The average Bonchev–Trinajstić information content (AvgIpc) is 2.94. The maximum atomic E-state index is 5.96. The van der Waals surface area contributed by atoms with Crippen molar-refractivity contribution in [2.75, 3.05) is 20.2 Å². The molecule has 1 aliphatic heterocycles. The molecular formula is C14H24N2OS. The Morgan fingerprint density at radius 1 is 1.61 bits per heavy atom. The second-order valence-corrected chi connectivity index (χ2v) is 5.93. The van der Waals surface area contributed by atoms with E-state index in [1.54, 1.807) is 0 Å². The van der Waals surface area contributed by atoms with Crippen LogP contribution in [0.3, 0.4) is 0 Å². The molecule has 0 aromatic carbocycles. The number of hydrogen-bond donors (Lipinski definition) is 1. The first-order chi connectivity index (χ1) is 8.80. The zero-order valence-corrected chi connectivity index (χ0v) is 12.2. The van der Waals surface area contributed by atoms with Crippen LogP contribution in [-0.2, 0) is 4.74 Å². The van der Waals surface area contributed by atoms with Crippen molar-refractivity contribution in [2.24, 2.45) is 5.73 Å². The smallest absolute Gasteiger partial charge is 0.0599 e. The molecule has 2 rings (SSSR count). The van der Waals surface area contributed by atoms with Crippen LogP contribution in [0.15, 0.2) is 17.5 Å². The lowest BCUT2D eigenvalue weighted by atomic mass is 9.96. The van der Waals surface area contributed by atoms with Gasteiger partial charge in [-0.3, -0.25) is 4.90 Å². The van der Waals surface area contributed by atoms with Gasteiger partial charge in [-0.05, 0) is 30.7 Å².